The van der Waals surface area contributed by atoms with Gasteiger partial charge in [-0.25, -0.2) is 0 Å². The Hall–Kier alpha value is -2.25. The topological polar surface area (TPSA) is 67.4 Å². The summed E-state index contributed by atoms with van der Waals surface area (Å²) in [6.45, 7) is -1.95. The zero-order chi connectivity index (χ0) is 15.2. The van der Waals surface area contributed by atoms with Crippen molar-refractivity contribution in [3.63, 3.8) is 0 Å². The van der Waals surface area contributed by atoms with E-state index < -0.39 is 31.1 Å². The summed E-state index contributed by atoms with van der Waals surface area (Å²) in [7, 11) is 1.47. The van der Waals surface area contributed by atoms with Gasteiger partial charge in [-0.05, 0) is 24.3 Å². The first-order valence-corrected chi connectivity index (χ1v) is 5.57. The zero-order valence-electron chi connectivity index (χ0n) is 10.6. The van der Waals surface area contributed by atoms with Gasteiger partial charge in [0, 0.05) is 5.56 Å². The van der Waals surface area contributed by atoms with Gasteiger partial charge in [-0.1, -0.05) is 0 Å². The molecule has 0 atom stereocenters. The van der Waals surface area contributed by atoms with Crippen LogP contribution < -0.4 is 15.4 Å². The Morgan fingerprint density at radius 2 is 1.75 bits per heavy atom. The lowest BCUT2D eigenvalue weighted by atomic mass is 10.2. The Labute approximate surface area is 113 Å². The first kappa shape index (κ1) is 15.8. The lowest BCUT2D eigenvalue weighted by molar-refractivity contribution is -0.137. The molecule has 0 aliphatic carbocycles. The SMILES string of the molecule is COc1ccc(C(=O)NCC(=O)NCC(F)(F)F)cc1. The van der Waals surface area contributed by atoms with E-state index in [0.29, 0.717) is 5.75 Å². The van der Waals surface area contributed by atoms with E-state index in [1.165, 1.54) is 19.2 Å². The van der Waals surface area contributed by atoms with Crippen molar-refractivity contribution in [2.45, 2.75) is 6.18 Å². The van der Waals surface area contributed by atoms with Gasteiger partial charge >= 0.3 is 6.18 Å². The molecule has 1 rings (SSSR count). The summed E-state index contributed by atoms with van der Waals surface area (Å²) in [6, 6.07) is 6.06. The summed E-state index contributed by atoms with van der Waals surface area (Å²) >= 11 is 0. The maximum atomic E-state index is 11.8. The number of methoxy groups -OCH3 is 1. The van der Waals surface area contributed by atoms with Crippen LogP contribution in [-0.2, 0) is 4.79 Å². The second-order valence-electron chi connectivity index (χ2n) is 3.80. The highest BCUT2D eigenvalue weighted by molar-refractivity contribution is 5.96. The molecule has 1 aromatic carbocycles. The van der Waals surface area contributed by atoms with Gasteiger partial charge in [0.05, 0.1) is 13.7 Å². The van der Waals surface area contributed by atoms with Crippen molar-refractivity contribution in [3.8, 4) is 5.75 Å². The fraction of sp³-hybridized carbons (Fsp3) is 0.333. The number of carbonyl (C=O) groups excluding carboxylic acids is 2. The van der Waals surface area contributed by atoms with Crippen LogP contribution in [0, 0.1) is 0 Å². The maximum absolute atomic E-state index is 11.8. The molecular formula is C12H13F3N2O3. The predicted octanol–water partition coefficient (Wildman–Crippen LogP) is 1.10. The molecule has 0 aromatic heterocycles. The highest BCUT2D eigenvalue weighted by atomic mass is 19.4. The molecule has 0 bridgehead atoms. The fourth-order valence-corrected chi connectivity index (χ4v) is 1.27. The van der Waals surface area contributed by atoms with E-state index in [4.69, 9.17) is 4.74 Å². The average Bonchev–Trinajstić information content (AvgIpc) is 2.41. The van der Waals surface area contributed by atoms with Gasteiger partial charge in [0.1, 0.15) is 12.3 Å². The standard InChI is InChI=1S/C12H13F3N2O3/c1-20-9-4-2-8(3-5-9)11(19)16-6-10(18)17-7-12(13,14)15/h2-5H,6-7H2,1H3,(H,16,19)(H,17,18). The minimum atomic E-state index is -4.48. The van der Waals surface area contributed by atoms with Gasteiger partial charge in [0.15, 0.2) is 0 Å². The van der Waals surface area contributed by atoms with Crippen molar-refractivity contribution in [2.24, 2.45) is 0 Å². The molecule has 0 aliphatic rings. The van der Waals surface area contributed by atoms with E-state index in [0.717, 1.165) is 0 Å². The van der Waals surface area contributed by atoms with Crippen molar-refractivity contribution >= 4 is 11.8 Å². The Morgan fingerprint density at radius 1 is 1.15 bits per heavy atom. The maximum Gasteiger partial charge on any atom is 0.405 e. The van der Waals surface area contributed by atoms with Crippen molar-refractivity contribution in [2.75, 3.05) is 20.2 Å². The monoisotopic (exact) mass is 290 g/mol. The van der Waals surface area contributed by atoms with E-state index in [1.807, 2.05) is 0 Å². The summed E-state index contributed by atoms with van der Waals surface area (Å²) in [5.41, 5.74) is 0.273. The first-order valence-electron chi connectivity index (χ1n) is 5.57. The van der Waals surface area contributed by atoms with Crippen LogP contribution >= 0.6 is 0 Å². The van der Waals surface area contributed by atoms with Gasteiger partial charge in [0.25, 0.3) is 5.91 Å². The molecule has 0 saturated carbocycles. The van der Waals surface area contributed by atoms with E-state index in [9.17, 15) is 22.8 Å². The number of hydrogen-bond donors (Lipinski definition) is 2. The van der Waals surface area contributed by atoms with Crippen LogP contribution in [0.3, 0.4) is 0 Å². The third kappa shape index (κ3) is 5.59. The Bertz CT molecular complexity index is 472. The molecule has 1 aromatic rings. The van der Waals surface area contributed by atoms with Crippen LogP contribution in [0.15, 0.2) is 24.3 Å². The predicted molar refractivity (Wildman–Crippen MR) is 64.4 cm³/mol. The van der Waals surface area contributed by atoms with Gasteiger partial charge in [-0.2, -0.15) is 13.2 Å². The Balaban J connectivity index is 2.40. The molecule has 2 N–H and O–H groups in total. The van der Waals surface area contributed by atoms with E-state index in [1.54, 1.807) is 17.4 Å². The Kier molecular flexibility index (Phi) is 5.36. The van der Waals surface area contributed by atoms with Crippen LogP contribution in [-0.4, -0.2) is 38.2 Å². The molecular weight excluding hydrogens is 277 g/mol. The van der Waals surface area contributed by atoms with E-state index in [-0.39, 0.29) is 5.56 Å². The van der Waals surface area contributed by atoms with Crippen molar-refractivity contribution in [1.29, 1.82) is 0 Å². The first-order chi connectivity index (χ1) is 9.31. The minimum Gasteiger partial charge on any atom is -0.497 e. The van der Waals surface area contributed by atoms with Crippen molar-refractivity contribution in [3.05, 3.63) is 29.8 Å². The highest BCUT2D eigenvalue weighted by Gasteiger charge is 2.27. The molecule has 0 saturated heterocycles. The number of ether oxygens (including phenoxy) is 1. The third-order valence-corrected chi connectivity index (χ3v) is 2.25. The number of alkyl halides is 3. The summed E-state index contributed by atoms with van der Waals surface area (Å²) in [5, 5.41) is 3.86. The van der Waals surface area contributed by atoms with Gasteiger partial charge in [-0.3, -0.25) is 9.59 Å². The van der Waals surface area contributed by atoms with Crippen molar-refractivity contribution in [1.82, 2.24) is 10.6 Å². The summed E-state index contributed by atoms with van der Waals surface area (Å²) in [6.07, 6.45) is -4.48. The number of rotatable bonds is 5. The molecule has 0 fully saturated rings. The number of halogens is 3. The lowest BCUT2D eigenvalue weighted by Gasteiger charge is -2.09. The third-order valence-electron chi connectivity index (χ3n) is 2.25. The van der Waals surface area contributed by atoms with Gasteiger partial charge in [-0.15, -0.1) is 0 Å². The summed E-state index contributed by atoms with van der Waals surface area (Å²) in [5.74, 6) is -0.913. The van der Waals surface area contributed by atoms with Crippen LogP contribution in [0.25, 0.3) is 0 Å². The van der Waals surface area contributed by atoms with Gasteiger partial charge in [0.2, 0.25) is 5.91 Å². The molecule has 5 nitrogen and oxygen atoms in total. The van der Waals surface area contributed by atoms with Crippen LogP contribution in [0.2, 0.25) is 0 Å². The second kappa shape index (κ2) is 6.78. The molecule has 8 heteroatoms. The summed E-state index contributed by atoms with van der Waals surface area (Å²) in [4.78, 5) is 22.7. The molecule has 20 heavy (non-hydrogen) atoms. The van der Waals surface area contributed by atoms with Crippen LogP contribution in [0.4, 0.5) is 13.2 Å². The van der Waals surface area contributed by atoms with E-state index in [2.05, 4.69) is 5.32 Å². The highest BCUT2D eigenvalue weighted by Crippen LogP contribution is 2.12. The molecule has 0 heterocycles. The van der Waals surface area contributed by atoms with Gasteiger partial charge < -0.3 is 15.4 Å². The smallest absolute Gasteiger partial charge is 0.405 e. The fourth-order valence-electron chi connectivity index (χ4n) is 1.27. The van der Waals surface area contributed by atoms with Crippen LogP contribution in [0.5, 0.6) is 5.75 Å². The molecule has 2 amide bonds. The average molecular weight is 290 g/mol. The number of carbonyl (C=O) groups is 2. The molecule has 0 radical (unpaired) electrons. The Morgan fingerprint density at radius 3 is 2.25 bits per heavy atom. The largest absolute Gasteiger partial charge is 0.497 e. The second-order valence-corrected chi connectivity index (χ2v) is 3.80. The van der Waals surface area contributed by atoms with Crippen LogP contribution in [0.1, 0.15) is 10.4 Å². The number of hydrogen-bond acceptors (Lipinski definition) is 3. The van der Waals surface area contributed by atoms with E-state index >= 15 is 0 Å². The molecule has 110 valence electrons. The minimum absolute atomic E-state index is 0.273. The summed E-state index contributed by atoms with van der Waals surface area (Å²) < 4.78 is 40.4. The molecule has 0 spiro atoms. The van der Waals surface area contributed by atoms with Crippen molar-refractivity contribution < 1.29 is 27.5 Å². The molecule has 0 unspecified atom stereocenters. The number of benzene rings is 1. The normalized spacial score (nSPS) is 10.8. The number of nitrogens with one attached hydrogen (secondary N) is 2. The zero-order valence-corrected chi connectivity index (χ0v) is 10.6. The quantitative estimate of drug-likeness (QED) is 0.853. The lowest BCUT2D eigenvalue weighted by Crippen LogP contribution is -2.40. The number of amides is 2. The molecule has 0 aliphatic heterocycles.